The molecule has 0 rings (SSSR count). The molecule has 0 radical (unpaired) electrons. The summed E-state index contributed by atoms with van der Waals surface area (Å²) in [6.07, 6.45) is -1.74. The zero-order valence-corrected chi connectivity index (χ0v) is 11.7. The molecule has 0 aromatic heterocycles. The molecule has 0 aromatic rings. The Hall–Kier alpha value is -1.81. The summed E-state index contributed by atoms with van der Waals surface area (Å²) in [6, 6.07) is -2.28. The van der Waals surface area contributed by atoms with Gasteiger partial charge in [-0.15, -0.1) is 0 Å². The third-order valence-electron chi connectivity index (χ3n) is 2.43. The van der Waals surface area contributed by atoms with Crippen LogP contribution in [0.2, 0.25) is 0 Å². The lowest BCUT2D eigenvalue weighted by Gasteiger charge is -2.20. The predicted octanol–water partition coefficient (Wildman–Crippen LogP) is -1.27. The molecular formula is C10H17N3O6S. The molecule has 10 heteroatoms. The van der Waals surface area contributed by atoms with Gasteiger partial charge in [0.25, 0.3) is 5.91 Å². The highest BCUT2D eigenvalue weighted by Crippen LogP contribution is 2.00. The van der Waals surface area contributed by atoms with Gasteiger partial charge in [-0.25, -0.2) is 9.69 Å². The van der Waals surface area contributed by atoms with E-state index in [2.05, 4.69) is 17.9 Å². The first-order chi connectivity index (χ1) is 9.20. The van der Waals surface area contributed by atoms with Crippen molar-refractivity contribution in [3.8, 4) is 0 Å². The maximum Gasteiger partial charge on any atom is 0.413 e. The number of imide groups is 1. The van der Waals surface area contributed by atoms with Crippen molar-refractivity contribution in [2.75, 3.05) is 12.8 Å². The fraction of sp³-hybridized carbons (Fsp3) is 0.600. The van der Waals surface area contributed by atoms with Gasteiger partial charge in [-0.1, -0.05) is 0 Å². The van der Waals surface area contributed by atoms with Crippen molar-refractivity contribution in [2.45, 2.75) is 24.9 Å². The number of carboxylic acid groups (broad SMARTS) is 2. The van der Waals surface area contributed by atoms with Crippen LogP contribution in [0.25, 0.3) is 0 Å². The minimum Gasteiger partial charge on any atom is -0.480 e. The van der Waals surface area contributed by atoms with E-state index in [1.807, 2.05) is 0 Å². The van der Waals surface area contributed by atoms with Gasteiger partial charge in [-0.2, -0.15) is 12.6 Å². The highest BCUT2D eigenvalue weighted by atomic mass is 32.1. The highest BCUT2D eigenvalue weighted by molar-refractivity contribution is 7.80. The lowest BCUT2D eigenvalue weighted by atomic mass is 10.1. The summed E-state index contributed by atoms with van der Waals surface area (Å²) < 4.78 is 0. The molecule has 0 aliphatic heterocycles. The van der Waals surface area contributed by atoms with Crippen molar-refractivity contribution >= 4 is 36.5 Å². The molecule has 0 saturated heterocycles. The zero-order valence-electron chi connectivity index (χ0n) is 10.8. The van der Waals surface area contributed by atoms with Crippen molar-refractivity contribution in [1.29, 1.82) is 0 Å². The van der Waals surface area contributed by atoms with E-state index in [4.69, 9.17) is 15.9 Å². The first kappa shape index (κ1) is 18.2. The van der Waals surface area contributed by atoms with Gasteiger partial charge in [-0.3, -0.25) is 14.4 Å². The average molecular weight is 307 g/mol. The minimum atomic E-state index is -1.45. The maximum atomic E-state index is 11.7. The number of nitrogens with one attached hydrogen (secondary N) is 1. The molecule has 0 spiro atoms. The van der Waals surface area contributed by atoms with Crippen LogP contribution in [0.4, 0.5) is 4.79 Å². The molecule has 0 aromatic carbocycles. The Morgan fingerprint density at radius 3 is 2.25 bits per heavy atom. The molecule has 2 atom stereocenters. The second-order valence-electron chi connectivity index (χ2n) is 3.97. The number of hydrogen-bond donors (Lipinski definition) is 5. The Bertz CT molecular complexity index is 402. The Kier molecular flexibility index (Phi) is 7.62. The second-order valence-corrected chi connectivity index (χ2v) is 4.33. The SMILES string of the molecule is CN(C(=O)O)C(=O)C(CS)NC(=O)CCC(N)C(=O)O. The van der Waals surface area contributed by atoms with Crippen LogP contribution >= 0.6 is 12.6 Å². The highest BCUT2D eigenvalue weighted by Gasteiger charge is 2.26. The van der Waals surface area contributed by atoms with E-state index in [-0.39, 0.29) is 18.6 Å². The van der Waals surface area contributed by atoms with Crippen LogP contribution in [0.3, 0.4) is 0 Å². The van der Waals surface area contributed by atoms with Crippen LogP contribution in [0.15, 0.2) is 0 Å². The second kappa shape index (κ2) is 8.38. The number of rotatable bonds is 7. The lowest BCUT2D eigenvalue weighted by molar-refractivity contribution is -0.139. The molecule has 0 aliphatic rings. The van der Waals surface area contributed by atoms with E-state index in [0.717, 1.165) is 7.05 Å². The van der Waals surface area contributed by atoms with Crippen molar-refractivity contribution in [3.63, 3.8) is 0 Å². The summed E-state index contributed by atoms with van der Waals surface area (Å²) in [7, 11) is 1.05. The molecule has 3 amide bonds. The maximum absolute atomic E-state index is 11.7. The molecule has 0 heterocycles. The number of amides is 3. The molecular weight excluding hydrogens is 290 g/mol. The molecule has 0 saturated carbocycles. The van der Waals surface area contributed by atoms with Crippen LogP contribution in [-0.4, -0.2) is 63.9 Å². The molecule has 114 valence electrons. The average Bonchev–Trinajstić information content (AvgIpc) is 2.39. The van der Waals surface area contributed by atoms with Crippen molar-refractivity contribution in [2.24, 2.45) is 5.73 Å². The van der Waals surface area contributed by atoms with Crippen LogP contribution in [0.1, 0.15) is 12.8 Å². The van der Waals surface area contributed by atoms with Gasteiger partial charge in [0.05, 0.1) is 0 Å². The van der Waals surface area contributed by atoms with E-state index >= 15 is 0 Å². The van der Waals surface area contributed by atoms with Crippen LogP contribution in [-0.2, 0) is 14.4 Å². The molecule has 5 N–H and O–H groups in total. The largest absolute Gasteiger partial charge is 0.480 e. The monoisotopic (exact) mass is 307 g/mol. The van der Waals surface area contributed by atoms with E-state index in [0.29, 0.717) is 4.90 Å². The number of aliphatic carboxylic acids is 1. The van der Waals surface area contributed by atoms with Gasteiger partial charge in [0.15, 0.2) is 0 Å². The minimum absolute atomic E-state index is 0.0901. The third kappa shape index (κ3) is 5.89. The first-order valence-electron chi connectivity index (χ1n) is 5.59. The van der Waals surface area contributed by atoms with Crippen molar-refractivity contribution in [1.82, 2.24) is 10.2 Å². The number of likely N-dealkylation sites (N-methyl/N-ethyl adjacent to an activating group) is 1. The van der Waals surface area contributed by atoms with E-state index in [1.165, 1.54) is 0 Å². The van der Waals surface area contributed by atoms with Crippen LogP contribution in [0, 0.1) is 0 Å². The third-order valence-corrected chi connectivity index (χ3v) is 2.80. The van der Waals surface area contributed by atoms with Crippen molar-refractivity contribution in [3.05, 3.63) is 0 Å². The number of carbonyl (C=O) groups excluding carboxylic acids is 2. The standard InChI is InChI=1S/C10H17N3O6S/c1-13(10(18)19)8(15)6(4-20)12-7(14)3-2-5(11)9(16)17/h5-6,20H,2-4,11H2,1H3,(H,12,14)(H,16,17)(H,18,19). The predicted molar refractivity (Wildman–Crippen MR) is 71.4 cm³/mol. The molecule has 0 fully saturated rings. The Balaban J connectivity index is 4.43. The molecule has 20 heavy (non-hydrogen) atoms. The van der Waals surface area contributed by atoms with Gasteiger partial charge >= 0.3 is 12.1 Å². The summed E-state index contributed by atoms with van der Waals surface area (Å²) in [5.74, 6) is -2.76. The van der Waals surface area contributed by atoms with Crippen LogP contribution in [0.5, 0.6) is 0 Å². The number of carboxylic acids is 1. The van der Waals surface area contributed by atoms with Gasteiger partial charge < -0.3 is 21.3 Å². The Morgan fingerprint density at radius 2 is 1.85 bits per heavy atom. The van der Waals surface area contributed by atoms with E-state index < -0.39 is 36.0 Å². The summed E-state index contributed by atoms with van der Waals surface area (Å²) in [6.45, 7) is 0. The van der Waals surface area contributed by atoms with Gasteiger partial charge in [0.1, 0.15) is 12.1 Å². The Morgan fingerprint density at radius 1 is 1.30 bits per heavy atom. The fourth-order valence-corrected chi connectivity index (χ4v) is 1.44. The topological polar surface area (TPSA) is 150 Å². The summed E-state index contributed by atoms with van der Waals surface area (Å²) in [5, 5.41) is 19.5. The zero-order chi connectivity index (χ0) is 15.9. The summed E-state index contributed by atoms with van der Waals surface area (Å²) >= 11 is 3.86. The number of carbonyl (C=O) groups is 4. The quantitative estimate of drug-likeness (QED) is 0.368. The molecule has 0 bridgehead atoms. The normalized spacial score (nSPS) is 13.2. The van der Waals surface area contributed by atoms with Crippen LogP contribution < -0.4 is 11.1 Å². The fourth-order valence-electron chi connectivity index (χ4n) is 1.19. The molecule has 9 nitrogen and oxygen atoms in total. The van der Waals surface area contributed by atoms with Gasteiger partial charge in [-0.05, 0) is 6.42 Å². The summed E-state index contributed by atoms with van der Waals surface area (Å²) in [4.78, 5) is 44.7. The van der Waals surface area contributed by atoms with Crippen molar-refractivity contribution < 1.29 is 29.4 Å². The van der Waals surface area contributed by atoms with E-state index in [1.54, 1.807) is 0 Å². The van der Waals surface area contributed by atoms with E-state index in [9.17, 15) is 19.2 Å². The Labute approximate surface area is 120 Å². The summed E-state index contributed by atoms with van der Waals surface area (Å²) in [5.41, 5.74) is 5.23. The number of hydrogen-bond acceptors (Lipinski definition) is 6. The van der Waals surface area contributed by atoms with Gasteiger partial charge in [0.2, 0.25) is 5.91 Å². The smallest absolute Gasteiger partial charge is 0.413 e. The number of nitrogens with two attached hydrogens (primary N) is 1. The molecule has 0 aliphatic carbocycles. The molecule has 2 unspecified atom stereocenters. The number of nitrogens with zero attached hydrogens (tertiary/aromatic N) is 1. The number of thiol groups is 1. The van der Waals surface area contributed by atoms with Gasteiger partial charge in [0, 0.05) is 19.2 Å². The first-order valence-corrected chi connectivity index (χ1v) is 6.23. The lowest BCUT2D eigenvalue weighted by Crippen LogP contribution is -2.50.